The van der Waals surface area contributed by atoms with E-state index in [1.54, 1.807) is 0 Å². The molecule has 0 fully saturated rings. The molecule has 10 heavy (non-hydrogen) atoms. The number of rotatable bonds is 5. The van der Waals surface area contributed by atoms with Gasteiger partial charge in [-0.2, -0.15) is 0 Å². The number of hydrogen-bond donors (Lipinski definition) is 2. The minimum absolute atomic E-state index is 0.377. The molecule has 0 aliphatic rings. The first-order valence-corrected chi connectivity index (χ1v) is 3.69. The van der Waals surface area contributed by atoms with Crippen molar-refractivity contribution in [3.8, 4) is 0 Å². The average Bonchev–Trinajstić information content (AvgIpc) is 1.88. The molecule has 0 radical (unpaired) electrons. The van der Waals surface area contributed by atoms with Crippen LogP contribution in [0.3, 0.4) is 0 Å². The molecule has 0 rings (SSSR count). The van der Waals surface area contributed by atoms with Gasteiger partial charge >= 0.3 is 0 Å². The number of hydrogen-bond acceptors (Lipinski definition) is 2. The molecule has 2 unspecified atom stereocenters. The molecule has 2 atom stereocenters. The second kappa shape index (κ2) is 5.45. The minimum Gasteiger partial charge on any atom is -0.393 e. The van der Waals surface area contributed by atoms with Gasteiger partial charge in [-0.25, -0.2) is 0 Å². The van der Waals surface area contributed by atoms with E-state index in [4.69, 9.17) is 10.2 Å². The van der Waals surface area contributed by atoms with Crippen LogP contribution < -0.4 is 0 Å². The van der Waals surface area contributed by atoms with Gasteiger partial charge in [0.1, 0.15) is 0 Å². The topological polar surface area (TPSA) is 40.5 Å². The third kappa shape index (κ3) is 4.53. The molecule has 2 nitrogen and oxygen atoms in total. The Hall–Kier alpha value is -0.340. The van der Waals surface area contributed by atoms with Crippen molar-refractivity contribution >= 4 is 0 Å². The van der Waals surface area contributed by atoms with E-state index in [0.29, 0.717) is 6.42 Å². The van der Waals surface area contributed by atoms with Crippen molar-refractivity contribution < 1.29 is 10.2 Å². The smallest absolute Gasteiger partial charge is 0.0742 e. The van der Waals surface area contributed by atoms with Gasteiger partial charge in [0.05, 0.1) is 12.2 Å². The maximum absolute atomic E-state index is 9.14. The van der Waals surface area contributed by atoms with Gasteiger partial charge in [0.25, 0.3) is 0 Å². The van der Waals surface area contributed by atoms with Crippen molar-refractivity contribution in [1.29, 1.82) is 0 Å². The lowest BCUT2D eigenvalue weighted by molar-refractivity contribution is 0.0974. The summed E-state index contributed by atoms with van der Waals surface area (Å²) in [6.45, 7) is 5.42. The van der Waals surface area contributed by atoms with Crippen LogP contribution in [0.4, 0.5) is 0 Å². The van der Waals surface area contributed by atoms with E-state index in [1.165, 1.54) is 6.08 Å². The molecule has 0 aromatic heterocycles. The fourth-order valence-electron chi connectivity index (χ4n) is 0.826. The summed E-state index contributed by atoms with van der Waals surface area (Å²) in [6, 6.07) is 0. The Labute approximate surface area is 62.2 Å². The zero-order chi connectivity index (χ0) is 7.98. The summed E-state index contributed by atoms with van der Waals surface area (Å²) in [5.74, 6) is 0. The summed E-state index contributed by atoms with van der Waals surface area (Å²) in [4.78, 5) is 0. The summed E-state index contributed by atoms with van der Waals surface area (Å²) in [5.41, 5.74) is 0. The SMILES string of the molecule is C=CC(O)CC(O)CCC. The van der Waals surface area contributed by atoms with E-state index < -0.39 is 6.10 Å². The van der Waals surface area contributed by atoms with Crippen LogP contribution in [-0.4, -0.2) is 22.4 Å². The Kier molecular flexibility index (Phi) is 5.26. The van der Waals surface area contributed by atoms with Crippen LogP contribution in [0.1, 0.15) is 26.2 Å². The molecule has 0 bridgehead atoms. The normalized spacial score (nSPS) is 16.3. The molecule has 0 aromatic rings. The first kappa shape index (κ1) is 9.66. The van der Waals surface area contributed by atoms with Crippen molar-refractivity contribution in [2.45, 2.75) is 38.4 Å². The monoisotopic (exact) mass is 144 g/mol. The van der Waals surface area contributed by atoms with E-state index in [1.807, 2.05) is 6.92 Å². The first-order chi connectivity index (χ1) is 4.70. The minimum atomic E-state index is -0.554. The summed E-state index contributed by atoms with van der Waals surface area (Å²) >= 11 is 0. The van der Waals surface area contributed by atoms with Gasteiger partial charge < -0.3 is 10.2 Å². The van der Waals surface area contributed by atoms with Crippen LogP contribution in [-0.2, 0) is 0 Å². The molecule has 0 aliphatic carbocycles. The Balaban J connectivity index is 3.36. The van der Waals surface area contributed by atoms with Gasteiger partial charge in [-0.15, -0.1) is 6.58 Å². The van der Waals surface area contributed by atoms with Crippen LogP contribution in [0, 0.1) is 0 Å². The standard InChI is InChI=1S/C8H16O2/c1-3-5-8(10)6-7(9)4-2/h4,7-10H,2-3,5-6H2,1H3. The Bertz CT molecular complexity index is 91.3. The summed E-state index contributed by atoms with van der Waals surface area (Å²) < 4.78 is 0. The van der Waals surface area contributed by atoms with Crippen molar-refractivity contribution in [2.75, 3.05) is 0 Å². The third-order valence-electron chi connectivity index (χ3n) is 1.41. The van der Waals surface area contributed by atoms with Crippen LogP contribution in [0.2, 0.25) is 0 Å². The van der Waals surface area contributed by atoms with E-state index >= 15 is 0 Å². The summed E-state index contributed by atoms with van der Waals surface area (Å²) in [5, 5.41) is 18.1. The lowest BCUT2D eigenvalue weighted by atomic mass is 10.1. The quantitative estimate of drug-likeness (QED) is 0.567. The summed E-state index contributed by atoms with van der Waals surface area (Å²) in [6.07, 6.45) is 2.63. The molecule has 0 aliphatic heterocycles. The van der Waals surface area contributed by atoms with E-state index in [-0.39, 0.29) is 6.10 Å². The largest absolute Gasteiger partial charge is 0.393 e. The molecular formula is C8H16O2. The molecule has 0 spiro atoms. The maximum Gasteiger partial charge on any atom is 0.0742 e. The van der Waals surface area contributed by atoms with Crippen molar-refractivity contribution in [3.63, 3.8) is 0 Å². The predicted octanol–water partition coefficient (Wildman–Crippen LogP) is 1.08. The van der Waals surface area contributed by atoms with E-state index in [9.17, 15) is 0 Å². The van der Waals surface area contributed by atoms with Crippen LogP contribution in [0.15, 0.2) is 12.7 Å². The Morgan fingerprint density at radius 3 is 2.50 bits per heavy atom. The molecule has 60 valence electrons. The number of aliphatic hydroxyl groups is 2. The maximum atomic E-state index is 9.14. The molecule has 0 heterocycles. The van der Waals surface area contributed by atoms with Crippen molar-refractivity contribution in [3.05, 3.63) is 12.7 Å². The second-order valence-electron chi connectivity index (χ2n) is 2.48. The molecule has 0 saturated carbocycles. The molecule has 2 heteroatoms. The zero-order valence-electron chi connectivity index (χ0n) is 6.45. The van der Waals surface area contributed by atoms with Gasteiger partial charge in [-0.3, -0.25) is 0 Å². The lowest BCUT2D eigenvalue weighted by Crippen LogP contribution is -2.14. The number of aliphatic hydroxyl groups excluding tert-OH is 2. The second-order valence-corrected chi connectivity index (χ2v) is 2.48. The molecular weight excluding hydrogens is 128 g/mol. The predicted molar refractivity (Wildman–Crippen MR) is 41.7 cm³/mol. The molecule has 0 amide bonds. The van der Waals surface area contributed by atoms with Gasteiger partial charge in [0.2, 0.25) is 0 Å². The molecule has 0 aromatic carbocycles. The van der Waals surface area contributed by atoms with E-state index in [2.05, 4.69) is 6.58 Å². The van der Waals surface area contributed by atoms with Crippen LogP contribution in [0.5, 0.6) is 0 Å². The highest BCUT2D eigenvalue weighted by molar-refractivity contribution is 4.79. The average molecular weight is 144 g/mol. The van der Waals surface area contributed by atoms with Crippen LogP contribution >= 0.6 is 0 Å². The highest BCUT2D eigenvalue weighted by Gasteiger charge is 2.06. The lowest BCUT2D eigenvalue weighted by Gasteiger charge is -2.10. The fourth-order valence-corrected chi connectivity index (χ4v) is 0.826. The highest BCUT2D eigenvalue weighted by atomic mass is 16.3. The van der Waals surface area contributed by atoms with E-state index in [0.717, 1.165) is 12.8 Å². The fraction of sp³-hybridized carbons (Fsp3) is 0.750. The molecule has 2 N–H and O–H groups in total. The molecule has 0 saturated heterocycles. The van der Waals surface area contributed by atoms with Gasteiger partial charge in [0.15, 0.2) is 0 Å². The highest BCUT2D eigenvalue weighted by Crippen LogP contribution is 2.04. The van der Waals surface area contributed by atoms with Gasteiger partial charge in [0, 0.05) is 6.42 Å². The van der Waals surface area contributed by atoms with Crippen molar-refractivity contribution in [1.82, 2.24) is 0 Å². The van der Waals surface area contributed by atoms with Crippen LogP contribution in [0.25, 0.3) is 0 Å². The Morgan fingerprint density at radius 1 is 1.50 bits per heavy atom. The van der Waals surface area contributed by atoms with Gasteiger partial charge in [-0.05, 0) is 6.42 Å². The summed E-state index contributed by atoms with van der Waals surface area (Å²) in [7, 11) is 0. The Morgan fingerprint density at radius 2 is 2.10 bits per heavy atom. The van der Waals surface area contributed by atoms with Gasteiger partial charge in [-0.1, -0.05) is 19.4 Å². The third-order valence-corrected chi connectivity index (χ3v) is 1.41. The van der Waals surface area contributed by atoms with Crippen molar-refractivity contribution in [2.24, 2.45) is 0 Å². The zero-order valence-corrected chi connectivity index (χ0v) is 6.45. The first-order valence-electron chi connectivity index (χ1n) is 3.69.